The molecule has 1 saturated carbocycles. The van der Waals surface area contributed by atoms with Crippen molar-refractivity contribution in [2.75, 3.05) is 27.2 Å². The van der Waals surface area contributed by atoms with E-state index in [9.17, 15) is 0 Å². The van der Waals surface area contributed by atoms with E-state index in [1.54, 1.807) is 0 Å². The Hall–Kier alpha value is -1.02. The molecule has 2 heteroatoms. The molecule has 0 aliphatic heterocycles. The van der Waals surface area contributed by atoms with Gasteiger partial charge in [0.1, 0.15) is 5.75 Å². The van der Waals surface area contributed by atoms with E-state index in [4.69, 9.17) is 4.74 Å². The molecule has 2 nitrogen and oxygen atoms in total. The molecule has 1 aliphatic carbocycles. The highest BCUT2D eigenvalue weighted by Crippen LogP contribution is 2.29. The third-order valence-corrected chi connectivity index (χ3v) is 2.93. The largest absolute Gasteiger partial charge is 0.493 e. The van der Waals surface area contributed by atoms with Gasteiger partial charge in [-0.3, -0.25) is 0 Å². The van der Waals surface area contributed by atoms with Crippen LogP contribution in [0.2, 0.25) is 0 Å². The first-order valence-corrected chi connectivity index (χ1v) is 6.10. The summed E-state index contributed by atoms with van der Waals surface area (Å²) in [6, 6.07) is 8.49. The maximum absolute atomic E-state index is 5.76. The van der Waals surface area contributed by atoms with E-state index in [1.165, 1.54) is 18.4 Å². The van der Waals surface area contributed by atoms with Crippen molar-refractivity contribution in [2.24, 2.45) is 5.92 Å². The van der Waals surface area contributed by atoms with E-state index in [-0.39, 0.29) is 0 Å². The van der Waals surface area contributed by atoms with Crippen LogP contribution in [-0.4, -0.2) is 32.1 Å². The molecule has 0 spiro atoms. The van der Waals surface area contributed by atoms with E-state index in [0.717, 1.165) is 31.2 Å². The highest BCUT2D eigenvalue weighted by Gasteiger charge is 2.21. The minimum absolute atomic E-state index is 0.824. The number of hydrogen-bond donors (Lipinski definition) is 0. The zero-order valence-electron chi connectivity index (χ0n) is 10.3. The molecule has 0 radical (unpaired) electrons. The molecular formula is C14H21NO. The van der Waals surface area contributed by atoms with Gasteiger partial charge in [0.15, 0.2) is 0 Å². The SMILES string of the molecule is CN(C)CCc1cccc(OCC2CC2)c1. The quantitative estimate of drug-likeness (QED) is 0.729. The van der Waals surface area contributed by atoms with Gasteiger partial charge in [-0.15, -0.1) is 0 Å². The van der Waals surface area contributed by atoms with E-state index in [1.807, 2.05) is 0 Å². The molecule has 1 aliphatic rings. The summed E-state index contributed by atoms with van der Waals surface area (Å²) in [4.78, 5) is 2.21. The normalized spacial score (nSPS) is 15.4. The van der Waals surface area contributed by atoms with Gasteiger partial charge >= 0.3 is 0 Å². The molecule has 0 heterocycles. The molecule has 0 bridgehead atoms. The number of rotatable bonds is 6. The fraction of sp³-hybridized carbons (Fsp3) is 0.571. The molecule has 0 atom stereocenters. The molecule has 1 aromatic rings. The molecule has 1 aromatic carbocycles. The molecule has 2 rings (SSSR count). The van der Waals surface area contributed by atoms with E-state index >= 15 is 0 Å². The number of likely N-dealkylation sites (N-methyl/N-ethyl adjacent to an activating group) is 1. The van der Waals surface area contributed by atoms with Gasteiger partial charge in [0.05, 0.1) is 6.61 Å². The van der Waals surface area contributed by atoms with Crippen LogP contribution in [-0.2, 0) is 6.42 Å². The second-order valence-electron chi connectivity index (χ2n) is 4.96. The Balaban J connectivity index is 1.84. The highest BCUT2D eigenvalue weighted by atomic mass is 16.5. The lowest BCUT2D eigenvalue weighted by Crippen LogP contribution is -2.15. The summed E-state index contributed by atoms with van der Waals surface area (Å²) in [5.41, 5.74) is 1.36. The zero-order chi connectivity index (χ0) is 11.4. The minimum Gasteiger partial charge on any atom is -0.493 e. The van der Waals surface area contributed by atoms with Crippen molar-refractivity contribution in [2.45, 2.75) is 19.3 Å². The Morgan fingerprint density at radius 3 is 2.81 bits per heavy atom. The van der Waals surface area contributed by atoms with Crippen LogP contribution in [0.3, 0.4) is 0 Å². The minimum atomic E-state index is 0.824. The van der Waals surface area contributed by atoms with Gasteiger partial charge < -0.3 is 9.64 Å². The summed E-state index contributed by atoms with van der Waals surface area (Å²) in [6.07, 6.45) is 3.79. The molecule has 16 heavy (non-hydrogen) atoms. The fourth-order valence-electron chi connectivity index (χ4n) is 1.64. The van der Waals surface area contributed by atoms with E-state index in [2.05, 4.69) is 43.3 Å². The predicted octanol–water partition coefficient (Wildman–Crippen LogP) is 2.58. The van der Waals surface area contributed by atoms with Gasteiger partial charge in [-0.05, 0) is 57.0 Å². The second-order valence-corrected chi connectivity index (χ2v) is 4.96. The van der Waals surface area contributed by atoms with Gasteiger partial charge in [-0.25, -0.2) is 0 Å². The Morgan fingerprint density at radius 1 is 1.31 bits per heavy atom. The van der Waals surface area contributed by atoms with Gasteiger partial charge in [0.25, 0.3) is 0 Å². The molecule has 1 fully saturated rings. The van der Waals surface area contributed by atoms with Crippen LogP contribution in [0.4, 0.5) is 0 Å². The van der Waals surface area contributed by atoms with Crippen LogP contribution in [0.25, 0.3) is 0 Å². The standard InChI is InChI=1S/C14H21NO/c1-15(2)9-8-12-4-3-5-14(10-12)16-11-13-6-7-13/h3-5,10,13H,6-9,11H2,1-2H3. The molecule has 0 amide bonds. The molecule has 0 unspecified atom stereocenters. The first-order chi connectivity index (χ1) is 7.74. The maximum atomic E-state index is 5.76. The maximum Gasteiger partial charge on any atom is 0.119 e. The van der Waals surface area contributed by atoms with Crippen molar-refractivity contribution in [1.29, 1.82) is 0 Å². The summed E-state index contributed by atoms with van der Waals surface area (Å²) < 4.78 is 5.76. The van der Waals surface area contributed by atoms with Crippen LogP contribution >= 0.6 is 0 Å². The first kappa shape index (κ1) is 11.5. The number of hydrogen-bond acceptors (Lipinski definition) is 2. The predicted molar refractivity (Wildman–Crippen MR) is 66.9 cm³/mol. The summed E-state index contributed by atoms with van der Waals surface area (Å²) in [5.74, 6) is 1.86. The monoisotopic (exact) mass is 219 g/mol. The van der Waals surface area contributed by atoms with Crippen LogP contribution in [0.15, 0.2) is 24.3 Å². The van der Waals surface area contributed by atoms with Crippen LogP contribution in [0.1, 0.15) is 18.4 Å². The fourth-order valence-corrected chi connectivity index (χ4v) is 1.64. The van der Waals surface area contributed by atoms with Crippen molar-refractivity contribution in [1.82, 2.24) is 4.90 Å². The average molecular weight is 219 g/mol. The van der Waals surface area contributed by atoms with Crippen LogP contribution < -0.4 is 4.74 Å². The van der Waals surface area contributed by atoms with Gasteiger partial charge in [0, 0.05) is 6.54 Å². The first-order valence-electron chi connectivity index (χ1n) is 6.10. The number of benzene rings is 1. The van der Waals surface area contributed by atoms with E-state index in [0.29, 0.717) is 0 Å². The average Bonchev–Trinajstić information content (AvgIpc) is 3.08. The third-order valence-electron chi connectivity index (χ3n) is 2.93. The summed E-state index contributed by atoms with van der Waals surface area (Å²) in [5, 5.41) is 0. The summed E-state index contributed by atoms with van der Waals surface area (Å²) >= 11 is 0. The smallest absolute Gasteiger partial charge is 0.119 e. The number of nitrogens with zero attached hydrogens (tertiary/aromatic N) is 1. The lowest BCUT2D eigenvalue weighted by atomic mass is 10.1. The summed E-state index contributed by atoms with van der Waals surface area (Å²) in [6.45, 7) is 1.99. The third kappa shape index (κ3) is 3.86. The Labute approximate surface area is 98.2 Å². The van der Waals surface area contributed by atoms with Crippen molar-refractivity contribution < 1.29 is 4.74 Å². The van der Waals surface area contributed by atoms with Crippen molar-refractivity contribution in [3.63, 3.8) is 0 Å². The van der Waals surface area contributed by atoms with Crippen molar-refractivity contribution in [3.8, 4) is 5.75 Å². The van der Waals surface area contributed by atoms with Gasteiger partial charge in [-0.1, -0.05) is 12.1 Å². The lowest BCUT2D eigenvalue weighted by Gasteiger charge is -2.10. The number of ether oxygens (including phenoxy) is 1. The van der Waals surface area contributed by atoms with Gasteiger partial charge in [-0.2, -0.15) is 0 Å². The van der Waals surface area contributed by atoms with Crippen LogP contribution in [0.5, 0.6) is 5.75 Å². The lowest BCUT2D eigenvalue weighted by molar-refractivity contribution is 0.299. The Bertz CT molecular complexity index is 310. The molecule has 0 aromatic heterocycles. The topological polar surface area (TPSA) is 12.5 Å². The highest BCUT2D eigenvalue weighted by molar-refractivity contribution is 5.28. The molecule has 0 saturated heterocycles. The van der Waals surface area contributed by atoms with Gasteiger partial charge in [0.2, 0.25) is 0 Å². The zero-order valence-corrected chi connectivity index (χ0v) is 10.3. The molecule has 88 valence electrons. The second kappa shape index (κ2) is 5.35. The van der Waals surface area contributed by atoms with E-state index < -0.39 is 0 Å². The van der Waals surface area contributed by atoms with Crippen LogP contribution in [0, 0.1) is 5.92 Å². The van der Waals surface area contributed by atoms with Crippen molar-refractivity contribution in [3.05, 3.63) is 29.8 Å². The Morgan fingerprint density at radius 2 is 2.12 bits per heavy atom. The molecule has 0 N–H and O–H groups in total. The summed E-state index contributed by atoms with van der Waals surface area (Å²) in [7, 11) is 4.21. The molecular weight excluding hydrogens is 198 g/mol. The van der Waals surface area contributed by atoms with Crippen molar-refractivity contribution >= 4 is 0 Å². The Kier molecular flexibility index (Phi) is 3.83.